The first-order chi connectivity index (χ1) is 14.8. The normalized spacial score (nSPS) is 17.0. The highest BCUT2D eigenvalue weighted by Crippen LogP contribution is 2.29. The number of hydrogen-bond donors (Lipinski definition) is 1. The number of carbonyl (C=O) groups is 1. The largest absolute Gasteiger partial charge is 0.444 e. The molecular weight excluding hydrogens is 416 g/mol. The van der Waals surface area contributed by atoms with Crippen molar-refractivity contribution in [2.45, 2.75) is 51.8 Å². The number of piperidine rings is 1. The highest BCUT2D eigenvalue weighted by molar-refractivity contribution is 6.28. The fraction of sp³-hybridized carbons (Fsp3) is 0.455. The summed E-state index contributed by atoms with van der Waals surface area (Å²) in [6.45, 7) is 7.44. The van der Waals surface area contributed by atoms with Crippen LogP contribution in [0.1, 0.15) is 45.2 Å². The Morgan fingerprint density at radius 2 is 2.03 bits per heavy atom. The van der Waals surface area contributed by atoms with Crippen LogP contribution in [0.25, 0.3) is 11.2 Å². The number of amides is 1. The number of benzene rings is 1. The zero-order chi connectivity index (χ0) is 22.0. The molecule has 8 nitrogen and oxygen atoms in total. The predicted molar refractivity (Wildman–Crippen MR) is 120 cm³/mol. The van der Waals surface area contributed by atoms with Gasteiger partial charge in [-0.05, 0) is 50.8 Å². The molecule has 0 unspecified atom stereocenters. The molecule has 3 heterocycles. The molecule has 164 valence electrons. The van der Waals surface area contributed by atoms with Gasteiger partial charge in [-0.15, -0.1) is 0 Å². The van der Waals surface area contributed by atoms with Crippen LogP contribution in [0.3, 0.4) is 0 Å². The second-order valence-corrected chi connectivity index (χ2v) is 9.06. The molecule has 0 bridgehead atoms. The minimum Gasteiger partial charge on any atom is -0.444 e. The molecule has 4 rings (SSSR count). The molecule has 0 aliphatic carbocycles. The molecular formula is C22H27ClN6O2. The number of ether oxygens (including phenoxy) is 1. The summed E-state index contributed by atoms with van der Waals surface area (Å²) in [4.78, 5) is 27.6. The Balaban J connectivity index is 1.55. The Morgan fingerprint density at radius 1 is 1.26 bits per heavy atom. The number of anilines is 1. The molecule has 1 fully saturated rings. The van der Waals surface area contributed by atoms with E-state index in [4.69, 9.17) is 16.3 Å². The van der Waals surface area contributed by atoms with Gasteiger partial charge in [0.1, 0.15) is 5.60 Å². The minimum absolute atomic E-state index is 0.0409. The highest BCUT2D eigenvalue weighted by atomic mass is 35.5. The van der Waals surface area contributed by atoms with E-state index in [2.05, 4.69) is 20.3 Å². The molecule has 3 aromatic rings. The Kier molecular flexibility index (Phi) is 6.00. The topological polar surface area (TPSA) is 85.2 Å². The first kappa shape index (κ1) is 21.4. The van der Waals surface area contributed by atoms with Crippen LogP contribution >= 0.6 is 11.6 Å². The lowest BCUT2D eigenvalue weighted by Crippen LogP contribution is -2.43. The molecule has 1 N–H and O–H groups in total. The third-order valence-corrected chi connectivity index (χ3v) is 5.31. The molecule has 1 aliphatic rings. The number of nitrogens with zero attached hydrogens (tertiary/aromatic N) is 5. The van der Waals surface area contributed by atoms with E-state index >= 15 is 0 Å². The van der Waals surface area contributed by atoms with E-state index in [0.29, 0.717) is 36.6 Å². The summed E-state index contributed by atoms with van der Waals surface area (Å²) in [6.07, 6.45) is 3.26. The van der Waals surface area contributed by atoms with Crippen molar-refractivity contribution in [2.75, 3.05) is 18.4 Å². The third-order valence-electron chi connectivity index (χ3n) is 5.14. The number of rotatable bonds is 4. The standard InChI is InChI=1S/C22H27ClN6O2/c1-22(2,3)31-21(30)28-11-7-10-16(13-28)29-14-25-17-18(26-20(23)27-19(17)29)24-12-15-8-5-4-6-9-15/h4-6,8-9,14,16H,7,10-13H2,1-3H3,(H,24,26,27)/t16-/m1/s1. The lowest BCUT2D eigenvalue weighted by atomic mass is 10.1. The van der Waals surface area contributed by atoms with Gasteiger partial charge in [-0.2, -0.15) is 9.97 Å². The number of nitrogens with one attached hydrogen (secondary N) is 1. The summed E-state index contributed by atoms with van der Waals surface area (Å²) in [5, 5.41) is 3.47. The lowest BCUT2D eigenvalue weighted by molar-refractivity contribution is 0.0174. The van der Waals surface area contributed by atoms with Crippen LogP contribution in [-0.4, -0.2) is 49.2 Å². The fourth-order valence-electron chi connectivity index (χ4n) is 3.74. The van der Waals surface area contributed by atoms with Crippen LogP contribution < -0.4 is 5.32 Å². The molecule has 0 radical (unpaired) electrons. The number of hydrogen-bond acceptors (Lipinski definition) is 6. The Labute approximate surface area is 186 Å². The highest BCUT2D eigenvalue weighted by Gasteiger charge is 2.29. The SMILES string of the molecule is CC(C)(C)OC(=O)N1CCC[C@@H](n2cnc3c(NCc4ccccc4)nc(Cl)nc32)C1. The smallest absolute Gasteiger partial charge is 0.410 e. The maximum Gasteiger partial charge on any atom is 0.410 e. The van der Waals surface area contributed by atoms with Crippen molar-refractivity contribution in [2.24, 2.45) is 0 Å². The predicted octanol–water partition coefficient (Wildman–Crippen LogP) is 4.66. The minimum atomic E-state index is -0.522. The van der Waals surface area contributed by atoms with Crippen LogP contribution in [0, 0.1) is 0 Å². The summed E-state index contributed by atoms with van der Waals surface area (Å²) in [7, 11) is 0. The van der Waals surface area contributed by atoms with E-state index < -0.39 is 5.60 Å². The average molecular weight is 443 g/mol. The summed E-state index contributed by atoms with van der Waals surface area (Å²) in [6, 6.07) is 10.1. The zero-order valence-corrected chi connectivity index (χ0v) is 18.8. The average Bonchev–Trinajstić information content (AvgIpc) is 3.15. The van der Waals surface area contributed by atoms with Gasteiger partial charge >= 0.3 is 6.09 Å². The van der Waals surface area contributed by atoms with Gasteiger partial charge in [0.05, 0.1) is 12.4 Å². The van der Waals surface area contributed by atoms with Crippen molar-refractivity contribution in [3.8, 4) is 0 Å². The molecule has 2 aromatic heterocycles. The number of fused-ring (bicyclic) bond motifs is 1. The molecule has 1 aromatic carbocycles. The Morgan fingerprint density at radius 3 is 2.77 bits per heavy atom. The lowest BCUT2D eigenvalue weighted by Gasteiger charge is -2.34. The van der Waals surface area contributed by atoms with Crippen LogP contribution in [-0.2, 0) is 11.3 Å². The number of likely N-dealkylation sites (tertiary alicyclic amines) is 1. The fourth-order valence-corrected chi connectivity index (χ4v) is 3.90. The molecule has 0 spiro atoms. The summed E-state index contributed by atoms with van der Waals surface area (Å²) < 4.78 is 7.54. The molecule has 1 atom stereocenters. The first-order valence-electron chi connectivity index (χ1n) is 10.5. The van der Waals surface area contributed by atoms with E-state index in [1.807, 2.05) is 55.7 Å². The van der Waals surface area contributed by atoms with Crippen molar-refractivity contribution in [3.05, 3.63) is 47.5 Å². The Bertz CT molecular complexity index is 1060. The van der Waals surface area contributed by atoms with E-state index in [1.165, 1.54) is 0 Å². The van der Waals surface area contributed by atoms with Crippen LogP contribution in [0.2, 0.25) is 5.28 Å². The van der Waals surface area contributed by atoms with Crippen LogP contribution in [0.15, 0.2) is 36.7 Å². The van der Waals surface area contributed by atoms with Crippen molar-refractivity contribution < 1.29 is 9.53 Å². The van der Waals surface area contributed by atoms with Gasteiger partial charge in [-0.1, -0.05) is 30.3 Å². The number of imidazole rings is 1. The van der Waals surface area contributed by atoms with Crippen LogP contribution in [0.5, 0.6) is 0 Å². The van der Waals surface area contributed by atoms with Crippen molar-refractivity contribution in [1.82, 2.24) is 24.4 Å². The Hall–Kier alpha value is -2.87. The van der Waals surface area contributed by atoms with Gasteiger partial charge in [0, 0.05) is 19.6 Å². The van der Waals surface area contributed by atoms with Crippen LogP contribution in [0.4, 0.5) is 10.6 Å². The number of aromatic nitrogens is 4. The van der Waals surface area contributed by atoms with Gasteiger partial charge in [0.2, 0.25) is 5.28 Å². The van der Waals surface area contributed by atoms with Gasteiger partial charge in [-0.3, -0.25) is 0 Å². The van der Waals surface area contributed by atoms with E-state index in [9.17, 15) is 4.79 Å². The summed E-state index contributed by atoms with van der Waals surface area (Å²) >= 11 is 6.24. The summed E-state index contributed by atoms with van der Waals surface area (Å²) in [5.74, 6) is 0.595. The second kappa shape index (κ2) is 8.70. The molecule has 1 amide bonds. The van der Waals surface area contributed by atoms with E-state index in [0.717, 1.165) is 18.4 Å². The monoisotopic (exact) mass is 442 g/mol. The molecule has 1 aliphatic heterocycles. The van der Waals surface area contributed by atoms with Gasteiger partial charge in [0.15, 0.2) is 17.0 Å². The summed E-state index contributed by atoms with van der Waals surface area (Å²) in [5.41, 5.74) is 1.93. The second-order valence-electron chi connectivity index (χ2n) is 8.73. The maximum atomic E-state index is 12.5. The van der Waals surface area contributed by atoms with E-state index in [1.54, 1.807) is 11.2 Å². The van der Waals surface area contributed by atoms with E-state index in [-0.39, 0.29) is 17.4 Å². The van der Waals surface area contributed by atoms with Gasteiger partial charge in [-0.25, -0.2) is 9.78 Å². The molecule has 31 heavy (non-hydrogen) atoms. The van der Waals surface area contributed by atoms with Crippen molar-refractivity contribution >= 4 is 34.7 Å². The zero-order valence-electron chi connectivity index (χ0n) is 18.0. The van der Waals surface area contributed by atoms with Gasteiger partial charge in [0.25, 0.3) is 0 Å². The maximum absolute atomic E-state index is 12.5. The van der Waals surface area contributed by atoms with Crippen molar-refractivity contribution in [3.63, 3.8) is 0 Å². The molecule has 0 saturated carbocycles. The third kappa shape index (κ3) is 5.07. The quantitative estimate of drug-likeness (QED) is 0.591. The molecule has 1 saturated heterocycles. The first-order valence-corrected chi connectivity index (χ1v) is 10.8. The van der Waals surface area contributed by atoms with Gasteiger partial charge < -0.3 is 19.5 Å². The molecule has 9 heteroatoms. The van der Waals surface area contributed by atoms with Crippen molar-refractivity contribution in [1.29, 1.82) is 0 Å². The number of halogens is 1. The number of carbonyl (C=O) groups excluding carboxylic acids is 1.